The minimum absolute atomic E-state index is 0.0188. The maximum atomic E-state index is 12.1. The van der Waals surface area contributed by atoms with Crippen LogP contribution in [0.4, 0.5) is 5.82 Å². The maximum absolute atomic E-state index is 12.1. The number of aryl methyl sites for hydroxylation is 1. The molecule has 0 aliphatic heterocycles. The Morgan fingerprint density at radius 1 is 1.53 bits per heavy atom. The molecule has 0 spiro atoms. The lowest BCUT2D eigenvalue weighted by Crippen LogP contribution is -2.23. The summed E-state index contributed by atoms with van der Waals surface area (Å²) in [5, 5.41) is 3.98. The number of sulfonamides is 1. The molecule has 0 fully saturated rings. The van der Waals surface area contributed by atoms with Gasteiger partial charge in [-0.2, -0.15) is 5.10 Å². The molecule has 2 rings (SSSR count). The number of nitrogens with one attached hydrogen (secondary N) is 1. The van der Waals surface area contributed by atoms with Gasteiger partial charge in [0.2, 0.25) is 10.0 Å². The third-order valence-corrected chi connectivity index (χ3v) is 4.61. The molecule has 2 heterocycles. The summed E-state index contributed by atoms with van der Waals surface area (Å²) in [6.07, 6.45) is 3.93. The van der Waals surface area contributed by atoms with Crippen LogP contribution in [0.25, 0.3) is 0 Å². The molecule has 0 saturated carbocycles. The van der Waals surface area contributed by atoms with Crippen LogP contribution in [0.3, 0.4) is 0 Å². The molecule has 0 bridgehead atoms. The van der Waals surface area contributed by atoms with Crippen molar-refractivity contribution in [3.63, 3.8) is 0 Å². The van der Waals surface area contributed by atoms with Crippen molar-refractivity contribution in [3.05, 3.63) is 22.8 Å². The summed E-state index contributed by atoms with van der Waals surface area (Å²) in [7, 11) is -3.64. The number of thiazole rings is 1. The van der Waals surface area contributed by atoms with Crippen molar-refractivity contribution >= 4 is 27.2 Å². The van der Waals surface area contributed by atoms with Gasteiger partial charge in [0.1, 0.15) is 4.90 Å². The summed E-state index contributed by atoms with van der Waals surface area (Å²) in [5.74, 6) is 0.0188. The van der Waals surface area contributed by atoms with E-state index in [-0.39, 0.29) is 17.3 Å². The molecular weight excluding hydrogens is 286 g/mol. The van der Waals surface area contributed by atoms with Crippen molar-refractivity contribution in [1.82, 2.24) is 19.5 Å². The number of aromatic nitrogens is 3. The highest BCUT2D eigenvalue weighted by atomic mass is 32.2. The van der Waals surface area contributed by atoms with Crippen LogP contribution in [-0.4, -0.2) is 23.2 Å². The van der Waals surface area contributed by atoms with Crippen LogP contribution in [0.15, 0.2) is 22.8 Å². The van der Waals surface area contributed by atoms with Crippen molar-refractivity contribution in [2.75, 3.05) is 5.73 Å². The zero-order valence-corrected chi connectivity index (χ0v) is 12.0. The van der Waals surface area contributed by atoms with Gasteiger partial charge in [-0.05, 0) is 6.42 Å². The number of anilines is 1. The summed E-state index contributed by atoms with van der Waals surface area (Å²) in [4.78, 5) is 4.74. The highest BCUT2D eigenvalue weighted by Gasteiger charge is 2.20. The molecule has 7 nitrogen and oxygen atoms in total. The molecule has 0 amide bonds. The van der Waals surface area contributed by atoms with Crippen molar-refractivity contribution in [2.45, 2.75) is 31.3 Å². The number of hydrogen-bond donors (Lipinski definition) is 2. The number of nitrogens with two attached hydrogens (primary N) is 1. The first kappa shape index (κ1) is 14.0. The number of nitrogen functional groups attached to an aromatic ring is 1. The molecule has 0 aliphatic carbocycles. The summed E-state index contributed by atoms with van der Waals surface area (Å²) >= 11 is 1.39. The molecule has 2 aromatic heterocycles. The first-order valence-corrected chi connectivity index (χ1v) is 8.09. The second kappa shape index (κ2) is 5.68. The van der Waals surface area contributed by atoms with Crippen molar-refractivity contribution in [1.29, 1.82) is 0 Å². The zero-order chi connectivity index (χ0) is 13.9. The van der Waals surface area contributed by atoms with Crippen molar-refractivity contribution in [2.24, 2.45) is 0 Å². The predicted octanol–water partition coefficient (Wildman–Crippen LogP) is 0.810. The van der Waals surface area contributed by atoms with Crippen LogP contribution in [0.2, 0.25) is 0 Å². The zero-order valence-electron chi connectivity index (χ0n) is 10.4. The SMILES string of the molecule is CCCn1cc(S(=O)(=O)NCc2cncs2)c(N)n1. The van der Waals surface area contributed by atoms with Gasteiger partial charge in [-0.1, -0.05) is 6.92 Å². The van der Waals surface area contributed by atoms with E-state index in [2.05, 4.69) is 14.8 Å². The molecule has 104 valence electrons. The van der Waals surface area contributed by atoms with E-state index < -0.39 is 10.0 Å². The lowest BCUT2D eigenvalue weighted by Gasteiger charge is -2.03. The van der Waals surface area contributed by atoms with Gasteiger partial charge in [0.05, 0.1) is 5.51 Å². The van der Waals surface area contributed by atoms with E-state index in [0.717, 1.165) is 11.3 Å². The van der Waals surface area contributed by atoms with Crippen molar-refractivity contribution < 1.29 is 8.42 Å². The fourth-order valence-electron chi connectivity index (χ4n) is 1.54. The average Bonchev–Trinajstić information content (AvgIpc) is 2.97. The van der Waals surface area contributed by atoms with E-state index >= 15 is 0 Å². The van der Waals surface area contributed by atoms with Gasteiger partial charge in [-0.25, -0.2) is 13.1 Å². The van der Waals surface area contributed by atoms with E-state index in [9.17, 15) is 8.42 Å². The third kappa shape index (κ3) is 3.31. The predicted molar refractivity (Wildman–Crippen MR) is 73.1 cm³/mol. The fourth-order valence-corrected chi connectivity index (χ4v) is 3.25. The Balaban J connectivity index is 2.14. The molecule has 19 heavy (non-hydrogen) atoms. The quantitative estimate of drug-likeness (QED) is 0.822. The molecule has 2 aromatic rings. The first-order chi connectivity index (χ1) is 9.03. The monoisotopic (exact) mass is 301 g/mol. The lowest BCUT2D eigenvalue weighted by molar-refractivity contribution is 0.579. The highest BCUT2D eigenvalue weighted by molar-refractivity contribution is 7.89. The number of nitrogens with zero attached hydrogens (tertiary/aromatic N) is 3. The van der Waals surface area contributed by atoms with E-state index in [1.54, 1.807) is 11.7 Å². The van der Waals surface area contributed by atoms with Crippen LogP contribution in [0.5, 0.6) is 0 Å². The van der Waals surface area contributed by atoms with E-state index in [4.69, 9.17) is 5.73 Å². The Morgan fingerprint density at radius 3 is 2.95 bits per heavy atom. The van der Waals surface area contributed by atoms with Crippen LogP contribution in [0.1, 0.15) is 18.2 Å². The molecule has 0 aromatic carbocycles. The van der Waals surface area contributed by atoms with Gasteiger partial charge in [-0.15, -0.1) is 11.3 Å². The van der Waals surface area contributed by atoms with E-state index in [1.807, 2.05) is 6.92 Å². The van der Waals surface area contributed by atoms with Gasteiger partial charge in [0.25, 0.3) is 0 Å². The normalized spacial score (nSPS) is 11.8. The number of rotatable bonds is 6. The fraction of sp³-hybridized carbons (Fsp3) is 0.400. The molecule has 0 radical (unpaired) electrons. The summed E-state index contributed by atoms with van der Waals surface area (Å²) in [6, 6.07) is 0. The standard InChI is InChI=1S/C10H15N5O2S2/c1-2-3-15-6-9(10(11)14-15)19(16,17)13-5-8-4-12-7-18-8/h4,6-7,13H,2-3,5H2,1H3,(H2,11,14). The Morgan fingerprint density at radius 2 is 2.32 bits per heavy atom. The Labute approximate surface area is 115 Å². The molecular formula is C10H15N5O2S2. The minimum atomic E-state index is -3.64. The van der Waals surface area contributed by atoms with Crippen LogP contribution < -0.4 is 10.5 Å². The Bertz CT molecular complexity index is 633. The molecule has 3 N–H and O–H groups in total. The molecule has 9 heteroatoms. The third-order valence-electron chi connectivity index (χ3n) is 2.42. The van der Waals surface area contributed by atoms with E-state index in [1.165, 1.54) is 22.2 Å². The molecule has 0 atom stereocenters. The summed E-state index contributed by atoms with van der Waals surface area (Å²) in [5.41, 5.74) is 7.30. The van der Waals surface area contributed by atoms with Crippen LogP contribution in [0, 0.1) is 0 Å². The highest BCUT2D eigenvalue weighted by Crippen LogP contribution is 2.17. The topological polar surface area (TPSA) is 103 Å². The van der Waals surface area contributed by atoms with Gasteiger partial charge in [0, 0.05) is 30.4 Å². The molecule has 0 saturated heterocycles. The second-order valence-electron chi connectivity index (χ2n) is 3.93. The summed E-state index contributed by atoms with van der Waals surface area (Å²) < 4.78 is 28.2. The van der Waals surface area contributed by atoms with Gasteiger partial charge < -0.3 is 5.73 Å². The smallest absolute Gasteiger partial charge is 0.246 e. The summed E-state index contributed by atoms with van der Waals surface area (Å²) in [6.45, 7) is 2.81. The minimum Gasteiger partial charge on any atom is -0.381 e. The lowest BCUT2D eigenvalue weighted by atomic mass is 10.5. The van der Waals surface area contributed by atoms with Gasteiger partial charge >= 0.3 is 0 Å². The van der Waals surface area contributed by atoms with Crippen LogP contribution >= 0.6 is 11.3 Å². The van der Waals surface area contributed by atoms with Gasteiger partial charge in [0.15, 0.2) is 5.82 Å². The van der Waals surface area contributed by atoms with Crippen LogP contribution in [-0.2, 0) is 23.1 Å². The van der Waals surface area contributed by atoms with Gasteiger partial charge in [-0.3, -0.25) is 9.67 Å². The Hall–Kier alpha value is -1.45. The van der Waals surface area contributed by atoms with Crippen molar-refractivity contribution in [3.8, 4) is 0 Å². The average molecular weight is 301 g/mol. The molecule has 0 aliphatic rings. The molecule has 0 unspecified atom stereocenters. The first-order valence-electron chi connectivity index (χ1n) is 5.73. The second-order valence-corrected chi connectivity index (χ2v) is 6.64. The largest absolute Gasteiger partial charge is 0.381 e. The number of hydrogen-bond acceptors (Lipinski definition) is 6. The van der Waals surface area contributed by atoms with E-state index in [0.29, 0.717) is 6.54 Å². The maximum Gasteiger partial charge on any atom is 0.246 e. The Kier molecular flexibility index (Phi) is 4.17.